The molecule has 0 heterocycles. The maximum absolute atomic E-state index is 2.29. The monoisotopic (exact) mass is 608 g/mol. The van der Waals surface area contributed by atoms with Crippen LogP contribution in [-0.4, -0.2) is 0 Å². The fourth-order valence-electron chi connectivity index (χ4n) is 7.38. The van der Waals surface area contributed by atoms with Crippen molar-refractivity contribution in [2.75, 3.05) is 0 Å². The Kier molecular flexibility index (Phi) is 6.91. The van der Waals surface area contributed by atoms with Crippen molar-refractivity contribution in [2.45, 2.75) is 0 Å². The molecular formula is C48H32. The van der Waals surface area contributed by atoms with E-state index in [-0.39, 0.29) is 0 Å². The molecule has 0 nitrogen and oxygen atoms in total. The van der Waals surface area contributed by atoms with Crippen LogP contribution in [0.1, 0.15) is 0 Å². The molecule has 0 fully saturated rings. The molecule has 0 N–H and O–H groups in total. The van der Waals surface area contributed by atoms with E-state index in [0.717, 1.165) is 0 Å². The number of hydrogen-bond donors (Lipinski definition) is 0. The minimum atomic E-state index is 1.22. The molecule has 0 atom stereocenters. The fourth-order valence-corrected chi connectivity index (χ4v) is 7.38. The quantitative estimate of drug-likeness (QED) is 0.171. The van der Waals surface area contributed by atoms with Crippen LogP contribution in [0.5, 0.6) is 0 Å². The first-order valence-electron chi connectivity index (χ1n) is 16.6. The van der Waals surface area contributed by atoms with Gasteiger partial charge in [0, 0.05) is 0 Å². The minimum absolute atomic E-state index is 1.22. The van der Waals surface area contributed by atoms with Gasteiger partial charge in [0.1, 0.15) is 0 Å². The highest BCUT2D eigenvalue weighted by atomic mass is 14.2. The van der Waals surface area contributed by atoms with Crippen molar-refractivity contribution in [3.05, 3.63) is 194 Å². The number of fused-ring (bicyclic) bond motifs is 3. The summed E-state index contributed by atoms with van der Waals surface area (Å²) in [5, 5.41) is 7.61. The lowest BCUT2D eigenvalue weighted by Crippen LogP contribution is -1.91. The molecule has 0 saturated heterocycles. The van der Waals surface area contributed by atoms with E-state index in [2.05, 4.69) is 194 Å². The molecule has 9 rings (SSSR count). The number of hydrogen-bond acceptors (Lipinski definition) is 0. The van der Waals surface area contributed by atoms with Gasteiger partial charge in [0.25, 0.3) is 0 Å². The highest BCUT2D eigenvalue weighted by Gasteiger charge is 2.17. The van der Waals surface area contributed by atoms with Crippen molar-refractivity contribution < 1.29 is 0 Å². The Bertz CT molecular complexity index is 2510. The highest BCUT2D eigenvalue weighted by Crippen LogP contribution is 2.44. The zero-order valence-electron chi connectivity index (χ0n) is 26.5. The van der Waals surface area contributed by atoms with Gasteiger partial charge in [-0.3, -0.25) is 0 Å². The summed E-state index contributed by atoms with van der Waals surface area (Å²) in [6, 6.07) is 70.6. The maximum Gasteiger partial charge on any atom is -0.00264 e. The summed E-state index contributed by atoms with van der Waals surface area (Å²) in [7, 11) is 0. The Labute approximate surface area is 281 Å². The Morgan fingerprint density at radius 1 is 0.208 bits per heavy atom. The molecule has 0 aliphatic rings. The van der Waals surface area contributed by atoms with Gasteiger partial charge in [-0.1, -0.05) is 188 Å². The molecule has 0 heteroatoms. The van der Waals surface area contributed by atoms with Crippen LogP contribution in [0.15, 0.2) is 194 Å². The average molecular weight is 609 g/mol. The van der Waals surface area contributed by atoms with Gasteiger partial charge >= 0.3 is 0 Å². The highest BCUT2D eigenvalue weighted by molar-refractivity contribution is 6.21. The van der Waals surface area contributed by atoms with Crippen molar-refractivity contribution >= 4 is 32.3 Å². The predicted octanol–water partition coefficient (Wildman–Crippen LogP) is 13.5. The van der Waals surface area contributed by atoms with Crippen molar-refractivity contribution in [3.8, 4) is 55.6 Å². The molecule has 0 amide bonds. The Morgan fingerprint density at radius 3 is 1.15 bits per heavy atom. The van der Waals surface area contributed by atoms with E-state index in [9.17, 15) is 0 Å². The molecule has 0 bridgehead atoms. The Hall–Kier alpha value is -6.24. The minimum Gasteiger partial charge on any atom is -0.0622 e. The van der Waals surface area contributed by atoms with Crippen LogP contribution in [0.4, 0.5) is 0 Å². The second-order valence-corrected chi connectivity index (χ2v) is 12.5. The number of benzene rings is 9. The van der Waals surface area contributed by atoms with Crippen molar-refractivity contribution in [1.82, 2.24) is 0 Å². The van der Waals surface area contributed by atoms with Crippen LogP contribution in [-0.2, 0) is 0 Å². The molecule has 0 radical (unpaired) electrons. The summed E-state index contributed by atoms with van der Waals surface area (Å²) in [6.07, 6.45) is 0. The van der Waals surface area contributed by atoms with E-state index >= 15 is 0 Å². The summed E-state index contributed by atoms with van der Waals surface area (Å²) in [5.74, 6) is 0. The molecular weight excluding hydrogens is 577 g/mol. The van der Waals surface area contributed by atoms with Crippen LogP contribution in [0.25, 0.3) is 88.0 Å². The van der Waals surface area contributed by atoms with Crippen molar-refractivity contribution in [3.63, 3.8) is 0 Å². The van der Waals surface area contributed by atoms with Gasteiger partial charge in [-0.2, -0.15) is 0 Å². The molecule has 0 aromatic heterocycles. The Balaban J connectivity index is 1.15. The van der Waals surface area contributed by atoms with Gasteiger partial charge < -0.3 is 0 Å². The molecule has 0 spiro atoms. The van der Waals surface area contributed by atoms with Gasteiger partial charge in [-0.25, -0.2) is 0 Å². The molecule has 0 aliphatic heterocycles. The summed E-state index contributed by atoms with van der Waals surface area (Å²) in [5.41, 5.74) is 12.4. The van der Waals surface area contributed by atoms with Gasteiger partial charge in [0.2, 0.25) is 0 Å². The standard InChI is InChI=1S/C48H32/c1-2-12-33(13-3-1)39-16-10-17-40(32-39)34-24-28-37(29-25-34)47-43-19-6-8-21-45(43)48(46-22-9-7-20-44(46)47)38-30-26-36(27-31-38)42-23-11-15-35-14-4-5-18-41(35)42/h1-32H. The fraction of sp³-hybridized carbons (Fsp3) is 0. The molecule has 224 valence electrons. The summed E-state index contributed by atoms with van der Waals surface area (Å²) < 4.78 is 0. The predicted molar refractivity (Wildman–Crippen MR) is 206 cm³/mol. The summed E-state index contributed by atoms with van der Waals surface area (Å²) in [4.78, 5) is 0. The lowest BCUT2D eigenvalue weighted by molar-refractivity contribution is 1.58. The van der Waals surface area contributed by atoms with Crippen molar-refractivity contribution in [2.24, 2.45) is 0 Å². The van der Waals surface area contributed by atoms with E-state index < -0.39 is 0 Å². The van der Waals surface area contributed by atoms with Crippen LogP contribution in [0.2, 0.25) is 0 Å². The maximum atomic E-state index is 2.29. The molecule has 0 saturated carbocycles. The molecule has 9 aromatic rings. The van der Waals surface area contributed by atoms with Crippen LogP contribution >= 0.6 is 0 Å². The summed E-state index contributed by atoms with van der Waals surface area (Å²) >= 11 is 0. The van der Waals surface area contributed by atoms with Crippen molar-refractivity contribution in [1.29, 1.82) is 0 Å². The number of rotatable bonds is 5. The first-order valence-corrected chi connectivity index (χ1v) is 16.6. The second-order valence-electron chi connectivity index (χ2n) is 12.5. The third-order valence-electron chi connectivity index (χ3n) is 9.68. The zero-order valence-corrected chi connectivity index (χ0v) is 26.5. The van der Waals surface area contributed by atoms with E-state index in [0.29, 0.717) is 0 Å². The third-order valence-corrected chi connectivity index (χ3v) is 9.68. The zero-order chi connectivity index (χ0) is 31.9. The average Bonchev–Trinajstić information content (AvgIpc) is 3.17. The first kappa shape index (κ1) is 28.0. The van der Waals surface area contributed by atoms with Crippen LogP contribution < -0.4 is 0 Å². The normalized spacial score (nSPS) is 11.3. The van der Waals surface area contributed by atoms with E-state index in [4.69, 9.17) is 0 Å². The lowest BCUT2D eigenvalue weighted by atomic mass is 9.85. The molecule has 0 unspecified atom stereocenters. The van der Waals surface area contributed by atoms with Gasteiger partial charge in [-0.15, -0.1) is 0 Å². The van der Waals surface area contributed by atoms with Gasteiger partial charge in [0.15, 0.2) is 0 Å². The smallest absolute Gasteiger partial charge is 0.00264 e. The Morgan fingerprint density at radius 2 is 0.583 bits per heavy atom. The molecule has 0 aliphatic carbocycles. The molecule has 9 aromatic carbocycles. The first-order chi connectivity index (χ1) is 23.8. The van der Waals surface area contributed by atoms with E-state index in [1.165, 1.54) is 88.0 Å². The third kappa shape index (κ3) is 4.87. The van der Waals surface area contributed by atoms with Crippen LogP contribution in [0, 0.1) is 0 Å². The lowest BCUT2D eigenvalue weighted by Gasteiger charge is -2.18. The molecule has 48 heavy (non-hydrogen) atoms. The van der Waals surface area contributed by atoms with Gasteiger partial charge in [0.05, 0.1) is 0 Å². The van der Waals surface area contributed by atoms with Crippen LogP contribution in [0.3, 0.4) is 0 Å². The largest absolute Gasteiger partial charge is 0.0622 e. The topological polar surface area (TPSA) is 0 Å². The van der Waals surface area contributed by atoms with E-state index in [1.807, 2.05) is 0 Å². The summed E-state index contributed by atoms with van der Waals surface area (Å²) in [6.45, 7) is 0. The second kappa shape index (κ2) is 11.8. The van der Waals surface area contributed by atoms with E-state index in [1.54, 1.807) is 0 Å². The SMILES string of the molecule is c1ccc(-c2cccc(-c3ccc(-c4c5ccccc5c(-c5ccc(-c6cccc7ccccc67)cc5)c5ccccc45)cc3)c2)cc1. The van der Waals surface area contributed by atoms with Gasteiger partial charge in [-0.05, 0) is 94.0 Å².